The lowest BCUT2D eigenvalue weighted by Gasteiger charge is -2.08. The van der Waals surface area contributed by atoms with Gasteiger partial charge in [0.15, 0.2) is 0 Å². The summed E-state index contributed by atoms with van der Waals surface area (Å²) in [5, 5.41) is 9.62. The fraction of sp³-hybridized carbons (Fsp3) is 0.167. The minimum Gasteiger partial charge on any atom is -0.494 e. The first-order chi connectivity index (χ1) is 11.0. The fourth-order valence-corrected chi connectivity index (χ4v) is 3.00. The van der Waals surface area contributed by atoms with Crippen LogP contribution in [-0.2, 0) is 6.42 Å². The van der Waals surface area contributed by atoms with Crippen LogP contribution in [0, 0.1) is 13.8 Å². The monoisotopic (exact) mass is 327 g/mol. The molecule has 0 radical (unpaired) electrons. The molecule has 1 aromatic heterocycles. The molecule has 0 amide bonds. The Labute approximate surface area is 138 Å². The second-order valence-electron chi connectivity index (χ2n) is 5.46. The Morgan fingerprint density at radius 2 is 1.74 bits per heavy atom. The molecule has 4 nitrogen and oxygen atoms in total. The van der Waals surface area contributed by atoms with Gasteiger partial charge in [-0.2, -0.15) is 0 Å². The third kappa shape index (κ3) is 3.63. The number of thiazole rings is 1. The van der Waals surface area contributed by atoms with Crippen LogP contribution in [-0.4, -0.2) is 10.1 Å². The number of aromatic hydroxyl groups is 1. The lowest BCUT2D eigenvalue weighted by atomic mass is 10.1. The summed E-state index contributed by atoms with van der Waals surface area (Å²) in [5.74, 6) is 1.52. The number of benzene rings is 2. The van der Waals surface area contributed by atoms with Gasteiger partial charge in [0.25, 0.3) is 0 Å². The highest BCUT2D eigenvalue weighted by Gasteiger charge is 2.08. The van der Waals surface area contributed by atoms with Gasteiger partial charge in [0.2, 0.25) is 5.88 Å². The van der Waals surface area contributed by atoms with Gasteiger partial charge in [0.05, 0.1) is 4.88 Å². The highest BCUT2D eigenvalue weighted by atomic mass is 32.1. The predicted molar refractivity (Wildman–Crippen MR) is 91.8 cm³/mol. The van der Waals surface area contributed by atoms with E-state index in [1.54, 1.807) is 0 Å². The summed E-state index contributed by atoms with van der Waals surface area (Å²) in [4.78, 5) is 14.0. The molecule has 0 saturated heterocycles. The lowest BCUT2D eigenvalue weighted by molar-refractivity contribution is 0.451. The maximum atomic E-state index is 11.2. The SMILES string of the molecule is Cc1ccc(Oc2ccc(Cc3sc(=O)[nH]c3O)cc2)cc1C. The van der Waals surface area contributed by atoms with E-state index in [1.165, 1.54) is 11.1 Å². The standard InChI is InChI=1S/C18H17NO3S/c1-11-3-6-15(9-12(11)2)22-14-7-4-13(5-8-14)10-16-17(20)19-18(21)23-16/h3-9,20H,10H2,1-2H3,(H,19,21). The molecular formula is C18H17NO3S. The summed E-state index contributed by atoms with van der Waals surface area (Å²) in [6.07, 6.45) is 0.513. The predicted octanol–water partition coefficient (Wildman–Crippen LogP) is 4.14. The Bertz CT molecular complexity index is 878. The van der Waals surface area contributed by atoms with Gasteiger partial charge in [0, 0.05) is 6.42 Å². The van der Waals surface area contributed by atoms with E-state index in [0.717, 1.165) is 28.4 Å². The quantitative estimate of drug-likeness (QED) is 0.757. The van der Waals surface area contributed by atoms with Crippen LogP contribution >= 0.6 is 11.3 Å². The normalized spacial score (nSPS) is 10.7. The van der Waals surface area contributed by atoms with Crippen LogP contribution in [0.2, 0.25) is 0 Å². The van der Waals surface area contributed by atoms with E-state index in [1.807, 2.05) is 42.5 Å². The van der Waals surface area contributed by atoms with Crippen molar-refractivity contribution >= 4 is 11.3 Å². The van der Waals surface area contributed by atoms with E-state index in [-0.39, 0.29) is 10.8 Å². The molecule has 0 spiro atoms. The third-order valence-corrected chi connectivity index (χ3v) is 4.57. The number of aryl methyl sites for hydroxylation is 2. The van der Waals surface area contributed by atoms with E-state index in [0.29, 0.717) is 11.3 Å². The van der Waals surface area contributed by atoms with E-state index in [9.17, 15) is 9.90 Å². The molecule has 118 valence electrons. The zero-order chi connectivity index (χ0) is 16.4. The molecule has 1 heterocycles. The van der Waals surface area contributed by atoms with Crippen molar-refractivity contribution in [1.82, 2.24) is 4.98 Å². The molecule has 2 N–H and O–H groups in total. The van der Waals surface area contributed by atoms with Crippen molar-refractivity contribution in [2.45, 2.75) is 20.3 Å². The maximum Gasteiger partial charge on any atom is 0.307 e. The van der Waals surface area contributed by atoms with Crippen molar-refractivity contribution in [2.24, 2.45) is 0 Å². The number of aromatic amines is 1. The van der Waals surface area contributed by atoms with Crippen LogP contribution in [0.4, 0.5) is 0 Å². The number of rotatable bonds is 4. The number of hydrogen-bond donors (Lipinski definition) is 2. The van der Waals surface area contributed by atoms with E-state index >= 15 is 0 Å². The smallest absolute Gasteiger partial charge is 0.307 e. The molecule has 0 unspecified atom stereocenters. The van der Waals surface area contributed by atoms with Crippen LogP contribution in [0.1, 0.15) is 21.6 Å². The van der Waals surface area contributed by atoms with Gasteiger partial charge in [-0.05, 0) is 54.8 Å². The molecule has 3 rings (SSSR count). The second-order valence-corrected chi connectivity index (χ2v) is 6.52. The first-order valence-electron chi connectivity index (χ1n) is 7.26. The van der Waals surface area contributed by atoms with Crippen LogP contribution in [0.15, 0.2) is 47.3 Å². The first-order valence-corrected chi connectivity index (χ1v) is 8.08. The molecule has 3 aromatic rings. The van der Waals surface area contributed by atoms with Crippen molar-refractivity contribution in [1.29, 1.82) is 0 Å². The molecule has 23 heavy (non-hydrogen) atoms. The summed E-state index contributed by atoms with van der Waals surface area (Å²) in [6, 6.07) is 13.6. The Hall–Kier alpha value is -2.53. The Morgan fingerprint density at radius 1 is 1.04 bits per heavy atom. The van der Waals surface area contributed by atoms with Crippen LogP contribution in [0.3, 0.4) is 0 Å². The molecule has 0 saturated carbocycles. The topological polar surface area (TPSA) is 62.3 Å². The van der Waals surface area contributed by atoms with E-state index in [2.05, 4.69) is 18.8 Å². The first kappa shape index (κ1) is 15.4. The van der Waals surface area contributed by atoms with Gasteiger partial charge in [-0.3, -0.25) is 9.78 Å². The molecule has 0 aliphatic heterocycles. The zero-order valence-corrected chi connectivity index (χ0v) is 13.7. The number of nitrogens with one attached hydrogen (secondary N) is 1. The molecule has 2 aromatic carbocycles. The van der Waals surface area contributed by atoms with E-state index < -0.39 is 0 Å². The summed E-state index contributed by atoms with van der Waals surface area (Å²) in [5.41, 5.74) is 3.43. The Kier molecular flexibility index (Phi) is 4.21. The summed E-state index contributed by atoms with van der Waals surface area (Å²) >= 11 is 1.03. The lowest BCUT2D eigenvalue weighted by Crippen LogP contribution is -1.89. The number of H-pyrrole nitrogens is 1. The Morgan fingerprint density at radius 3 is 2.35 bits per heavy atom. The number of ether oxygens (including phenoxy) is 1. The molecule has 0 aliphatic carbocycles. The summed E-state index contributed by atoms with van der Waals surface area (Å²) in [6.45, 7) is 4.12. The van der Waals surface area contributed by atoms with Crippen molar-refractivity contribution < 1.29 is 9.84 Å². The van der Waals surface area contributed by atoms with Gasteiger partial charge in [-0.1, -0.05) is 29.5 Å². The van der Waals surface area contributed by atoms with Crippen molar-refractivity contribution in [2.75, 3.05) is 0 Å². The summed E-state index contributed by atoms with van der Waals surface area (Å²) in [7, 11) is 0. The second kappa shape index (κ2) is 6.30. The molecule has 5 heteroatoms. The van der Waals surface area contributed by atoms with Gasteiger partial charge >= 0.3 is 4.87 Å². The molecule has 0 atom stereocenters. The Balaban J connectivity index is 1.72. The summed E-state index contributed by atoms with van der Waals surface area (Å²) < 4.78 is 5.84. The van der Waals surface area contributed by atoms with Crippen LogP contribution in [0.25, 0.3) is 0 Å². The van der Waals surface area contributed by atoms with Crippen LogP contribution < -0.4 is 9.61 Å². The average Bonchev–Trinajstić information content (AvgIpc) is 2.83. The van der Waals surface area contributed by atoms with E-state index in [4.69, 9.17) is 4.74 Å². The van der Waals surface area contributed by atoms with Gasteiger partial charge in [0.1, 0.15) is 11.5 Å². The number of hydrogen-bond acceptors (Lipinski definition) is 4. The molecule has 0 aliphatic rings. The van der Waals surface area contributed by atoms with Crippen molar-refractivity contribution in [3.8, 4) is 17.4 Å². The largest absolute Gasteiger partial charge is 0.494 e. The van der Waals surface area contributed by atoms with Gasteiger partial charge in [-0.25, -0.2) is 0 Å². The minimum absolute atomic E-state index is 0.0459. The van der Waals surface area contributed by atoms with Gasteiger partial charge in [-0.15, -0.1) is 0 Å². The van der Waals surface area contributed by atoms with Crippen molar-refractivity contribution in [3.05, 3.63) is 73.7 Å². The molecular weight excluding hydrogens is 310 g/mol. The molecule has 0 bridgehead atoms. The van der Waals surface area contributed by atoms with Gasteiger partial charge < -0.3 is 9.84 Å². The highest BCUT2D eigenvalue weighted by Crippen LogP contribution is 2.25. The number of aromatic nitrogens is 1. The maximum absolute atomic E-state index is 11.2. The minimum atomic E-state index is -0.243. The highest BCUT2D eigenvalue weighted by molar-refractivity contribution is 7.09. The van der Waals surface area contributed by atoms with Crippen molar-refractivity contribution in [3.63, 3.8) is 0 Å². The zero-order valence-electron chi connectivity index (χ0n) is 12.9. The van der Waals surface area contributed by atoms with Crippen LogP contribution in [0.5, 0.6) is 17.4 Å². The molecule has 0 fully saturated rings. The average molecular weight is 327 g/mol. The fourth-order valence-electron chi connectivity index (χ4n) is 2.25. The third-order valence-electron chi connectivity index (χ3n) is 3.70.